The number of nitrogens with two attached hydrogens (primary N) is 1. The minimum Gasteiger partial charge on any atom is -0.461 e. The van der Waals surface area contributed by atoms with Crippen molar-refractivity contribution in [2.45, 2.75) is 27.2 Å². The van der Waals surface area contributed by atoms with E-state index in [1.807, 2.05) is 26.8 Å². The number of benzene rings is 1. The molecule has 0 saturated carbocycles. The zero-order chi connectivity index (χ0) is 14.4. The van der Waals surface area contributed by atoms with E-state index in [-0.39, 0.29) is 18.0 Å². The van der Waals surface area contributed by atoms with Crippen LogP contribution in [-0.4, -0.2) is 6.54 Å². The maximum atomic E-state index is 11.6. The summed E-state index contributed by atoms with van der Waals surface area (Å²) in [6.45, 7) is 6.36. The SMILES string of the molecule is Cc1oc2c(C)c3oc(=O)cc(C)c3cc2c1CCN.Cl. The monoisotopic (exact) mass is 307 g/mol. The van der Waals surface area contributed by atoms with Gasteiger partial charge in [-0.2, -0.15) is 0 Å². The number of aryl methyl sites for hydroxylation is 3. The quantitative estimate of drug-likeness (QED) is 0.737. The largest absolute Gasteiger partial charge is 0.461 e. The van der Waals surface area contributed by atoms with Crippen LogP contribution in [0.3, 0.4) is 0 Å². The van der Waals surface area contributed by atoms with Crippen molar-refractivity contribution in [3.8, 4) is 0 Å². The van der Waals surface area contributed by atoms with Crippen LogP contribution in [0, 0.1) is 20.8 Å². The molecule has 4 nitrogen and oxygen atoms in total. The Morgan fingerprint density at radius 2 is 1.71 bits per heavy atom. The summed E-state index contributed by atoms with van der Waals surface area (Å²) < 4.78 is 11.2. The van der Waals surface area contributed by atoms with Gasteiger partial charge in [-0.15, -0.1) is 12.4 Å². The van der Waals surface area contributed by atoms with Gasteiger partial charge in [0.1, 0.15) is 16.9 Å². The first-order valence-electron chi connectivity index (χ1n) is 6.69. The zero-order valence-corrected chi connectivity index (χ0v) is 13.1. The first-order chi connectivity index (χ1) is 9.52. The predicted molar refractivity (Wildman–Crippen MR) is 86.5 cm³/mol. The smallest absolute Gasteiger partial charge is 0.336 e. The number of furan rings is 1. The van der Waals surface area contributed by atoms with Crippen LogP contribution < -0.4 is 11.4 Å². The maximum absolute atomic E-state index is 11.6. The van der Waals surface area contributed by atoms with Gasteiger partial charge in [0.05, 0.1) is 0 Å². The number of hydrogen-bond donors (Lipinski definition) is 1. The molecule has 0 unspecified atom stereocenters. The Balaban J connectivity index is 0.00000161. The minimum atomic E-state index is -0.331. The highest BCUT2D eigenvalue weighted by atomic mass is 35.5. The molecular weight excluding hydrogens is 290 g/mol. The van der Waals surface area contributed by atoms with Crippen LogP contribution in [0.25, 0.3) is 21.9 Å². The molecule has 0 aliphatic heterocycles. The molecule has 112 valence electrons. The normalized spacial score (nSPS) is 11.0. The molecule has 0 fully saturated rings. The summed E-state index contributed by atoms with van der Waals surface area (Å²) in [5.41, 5.74) is 9.66. The lowest BCUT2D eigenvalue weighted by atomic mass is 10.0. The van der Waals surface area contributed by atoms with E-state index >= 15 is 0 Å². The van der Waals surface area contributed by atoms with Crippen molar-refractivity contribution >= 4 is 34.3 Å². The molecule has 2 N–H and O–H groups in total. The highest BCUT2D eigenvalue weighted by molar-refractivity contribution is 5.99. The van der Waals surface area contributed by atoms with Gasteiger partial charge in [0.2, 0.25) is 0 Å². The Morgan fingerprint density at radius 3 is 2.38 bits per heavy atom. The molecule has 0 saturated heterocycles. The summed E-state index contributed by atoms with van der Waals surface area (Å²) in [4.78, 5) is 11.6. The molecule has 5 heteroatoms. The average Bonchev–Trinajstić information content (AvgIpc) is 2.70. The number of rotatable bonds is 2. The number of hydrogen-bond acceptors (Lipinski definition) is 4. The van der Waals surface area contributed by atoms with Crippen LogP contribution in [0.2, 0.25) is 0 Å². The third-order valence-electron chi connectivity index (χ3n) is 3.82. The highest BCUT2D eigenvalue weighted by Crippen LogP contribution is 2.34. The molecule has 0 bridgehead atoms. The lowest BCUT2D eigenvalue weighted by Crippen LogP contribution is -2.03. The Hall–Kier alpha value is -1.78. The fraction of sp³-hybridized carbons (Fsp3) is 0.312. The van der Waals surface area contributed by atoms with E-state index in [1.165, 1.54) is 6.07 Å². The van der Waals surface area contributed by atoms with Crippen LogP contribution in [0.1, 0.15) is 22.5 Å². The van der Waals surface area contributed by atoms with Crippen LogP contribution in [0.5, 0.6) is 0 Å². The van der Waals surface area contributed by atoms with Crippen molar-refractivity contribution in [3.05, 3.63) is 45.0 Å². The molecule has 0 atom stereocenters. The molecule has 21 heavy (non-hydrogen) atoms. The van der Waals surface area contributed by atoms with Crippen molar-refractivity contribution in [2.24, 2.45) is 5.73 Å². The first kappa shape index (κ1) is 15.6. The number of fused-ring (bicyclic) bond motifs is 2. The van der Waals surface area contributed by atoms with Gasteiger partial charge < -0.3 is 14.6 Å². The van der Waals surface area contributed by atoms with Gasteiger partial charge in [-0.25, -0.2) is 4.79 Å². The standard InChI is InChI=1S/C16H17NO3.ClH/c1-8-6-14(18)20-15-9(2)16-13(7-12(8)15)11(4-5-17)10(3)19-16;/h6-7H,4-5,17H2,1-3H3;1H. The molecule has 0 aliphatic rings. The number of halogens is 1. The molecule has 0 aliphatic carbocycles. The van der Waals surface area contributed by atoms with Crippen LogP contribution >= 0.6 is 12.4 Å². The van der Waals surface area contributed by atoms with Crippen molar-refractivity contribution < 1.29 is 8.83 Å². The summed E-state index contributed by atoms with van der Waals surface area (Å²) >= 11 is 0. The van der Waals surface area contributed by atoms with Gasteiger partial charge in [0.25, 0.3) is 0 Å². The van der Waals surface area contributed by atoms with Crippen LogP contribution in [0.15, 0.2) is 25.8 Å². The van der Waals surface area contributed by atoms with Crippen molar-refractivity contribution in [1.82, 2.24) is 0 Å². The summed E-state index contributed by atoms with van der Waals surface area (Å²) in [6.07, 6.45) is 0.777. The average molecular weight is 308 g/mol. The molecule has 1 aromatic carbocycles. The van der Waals surface area contributed by atoms with Crippen molar-refractivity contribution in [1.29, 1.82) is 0 Å². The van der Waals surface area contributed by atoms with E-state index < -0.39 is 0 Å². The molecular formula is C16H18ClNO3. The molecule has 0 amide bonds. The molecule has 2 heterocycles. The van der Waals surface area contributed by atoms with E-state index in [0.29, 0.717) is 12.1 Å². The molecule has 0 radical (unpaired) electrons. The van der Waals surface area contributed by atoms with E-state index in [2.05, 4.69) is 0 Å². The minimum absolute atomic E-state index is 0. The third kappa shape index (κ3) is 2.34. The summed E-state index contributed by atoms with van der Waals surface area (Å²) in [5, 5.41) is 2.02. The predicted octanol–water partition coefficient (Wildman–Crippen LogP) is 3.39. The zero-order valence-electron chi connectivity index (χ0n) is 12.3. The second kappa shape index (κ2) is 5.54. The lowest BCUT2D eigenvalue weighted by molar-refractivity contribution is 0.550. The topological polar surface area (TPSA) is 69.4 Å². The summed E-state index contributed by atoms with van der Waals surface area (Å²) in [7, 11) is 0. The molecule has 3 rings (SSSR count). The third-order valence-corrected chi connectivity index (χ3v) is 3.82. The van der Waals surface area contributed by atoms with E-state index in [1.54, 1.807) is 0 Å². The first-order valence-corrected chi connectivity index (χ1v) is 6.69. The van der Waals surface area contributed by atoms with Crippen LogP contribution in [-0.2, 0) is 6.42 Å². The molecule has 3 aromatic rings. The van der Waals surface area contributed by atoms with Gasteiger partial charge in [-0.1, -0.05) is 0 Å². The Labute approximate surface area is 128 Å². The fourth-order valence-electron chi connectivity index (χ4n) is 2.81. The Kier molecular flexibility index (Phi) is 4.12. The van der Waals surface area contributed by atoms with Gasteiger partial charge in [-0.05, 0) is 45.4 Å². The maximum Gasteiger partial charge on any atom is 0.336 e. The van der Waals surface area contributed by atoms with Gasteiger partial charge in [-0.3, -0.25) is 0 Å². The highest BCUT2D eigenvalue weighted by Gasteiger charge is 2.17. The van der Waals surface area contributed by atoms with E-state index in [4.69, 9.17) is 14.6 Å². The molecule has 2 aromatic heterocycles. The Morgan fingerprint density at radius 1 is 1.05 bits per heavy atom. The summed E-state index contributed by atoms with van der Waals surface area (Å²) in [6, 6.07) is 3.56. The van der Waals surface area contributed by atoms with Gasteiger partial charge in [0, 0.05) is 28.0 Å². The van der Waals surface area contributed by atoms with Crippen molar-refractivity contribution in [2.75, 3.05) is 6.54 Å². The van der Waals surface area contributed by atoms with Crippen LogP contribution in [0.4, 0.5) is 0 Å². The molecule has 0 spiro atoms. The van der Waals surface area contributed by atoms with Gasteiger partial charge >= 0.3 is 5.63 Å². The summed E-state index contributed by atoms with van der Waals surface area (Å²) in [5.74, 6) is 0.879. The van der Waals surface area contributed by atoms with E-state index in [9.17, 15) is 4.79 Å². The fourth-order valence-corrected chi connectivity index (χ4v) is 2.81. The lowest BCUT2D eigenvalue weighted by Gasteiger charge is -2.05. The van der Waals surface area contributed by atoms with E-state index in [0.717, 1.165) is 45.2 Å². The second-order valence-corrected chi connectivity index (χ2v) is 5.18. The van der Waals surface area contributed by atoms with Gasteiger partial charge in [0.15, 0.2) is 0 Å². The Bertz CT molecular complexity index is 877. The second-order valence-electron chi connectivity index (χ2n) is 5.18. The van der Waals surface area contributed by atoms with Crippen molar-refractivity contribution in [3.63, 3.8) is 0 Å².